The van der Waals surface area contributed by atoms with Crippen LogP contribution in [-0.2, 0) is 6.54 Å². The Morgan fingerprint density at radius 1 is 1.07 bits per heavy atom. The maximum atomic E-state index is 12.6. The van der Waals surface area contributed by atoms with E-state index >= 15 is 0 Å². The van der Waals surface area contributed by atoms with Gasteiger partial charge in [-0.25, -0.2) is 0 Å². The predicted octanol–water partition coefficient (Wildman–Crippen LogP) is 3.99. The van der Waals surface area contributed by atoms with E-state index in [0.717, 1.165) is 30.9 Å². The van der Waals surface area contributed by atoms with Gasteiger partial charge in [0.25, 0.3) is 5.91 Å². The van der Waals surface area contributed by atoms with Gasteiger partial charge in [-0.3, -0.25) is 9.69 Å². The molecule has 5 rings (SSSR count). The minimum Gasteiger partial charge on any atom is -0.454 e. The molecule has 6 heteroatoms. The number of halogens is 1. The molecule has 1 N–H and O–H groups in total. The summed E-state index contributed by atoms with van der Waals surface area (Å²) < 4.78 is 10.9. The normalized spacial score (nSPS) is 25.7. The summed E-state index contributed by atoms with van der Waals surface area (Å²) in [6.45, 7) is 1.22. The molecule has 3 heterocycles. The van der Waals surface area contributed by atoms with Gasteiger partial charge in [0.05, 0.1) is 0 Å². The molecular weight excluding hydrogens is 376 g/mol. The summed E-state index contributed by atoms with van der Waals surface area (Å²) in [7, 11) is 0. The Bertz CT molecular complexity index is 889. The Labute approximate surface area is 169 Å². The smallest absolute Gasteiger partial charge is 0.251 e. The van der Waals surface area contributed by atoms with E-state index in [1.54, 1.807) is 12.1 Å². The van der Waals surface area contributed by atoms with Crippen LogP contribution in [0, 0.1) is 0 Å². The number of nitrogens with one attached hydrogen (secondary N) is 1. The fourth-order valence-electron chi connectivity index (χ4n) is 4.80. The molecule has 0 aliphatic carbocycles. The summed E-state index contributed by atoms with van der Waals surface area (Å²) in [5, 5.41) is 3.81. The fourth-order valence-corrected chi connectivity index (χ4v) is 4.99. The standard InChI is InChI=1S/C22H23ClN2O3/c23-16-3-1-2-15(9-16)22(26)24-17-10-18-5-6-19(11-17)25(18)12-14-4-7-20-21(8-14)28-13-27-20/h1-4,7-9,17-19H,5-6,10-13H2,(H,24,26). The molecule has 28 heavy (non-hydrogen) atoms. The first-order valence-electron chi connectivity index (χ1n) is 9.86. The topological polar surface area (TPSA) is 50.8 Å². The van der Waals surface area contributed by atoms with Crippen molar-refractivity contribution in [2.45, 2.75) is 50.4 Å². The Hall–Kier alpha value is -2.24. The number of piperidine rings is 1. The Morgan fingerprint density at radius 3 is 2.64 bits per heavy atom. The average molecular weight is 399 g/mol. The molecule has 0 spiro atoms. The van der Waals surface area contributed by atoms with Gasteiger partial charge in [-0.2, -0.15) is 0 Å². The van der Waals surface area contributed by atoms with Gasteiger partial charge >= 0.3 is 0 Å². The van der Waals surface area contributed by atoms with Crippen LogP contribution in [0.5, 0.6) is 11.5 Å². The van der Waals surface area contributed by atoms with Gasteiger partial charge in [-0.05, 0) is 61.6 Å². The maximum absolute atomic E-state index is 12.6. The number of benzene rings is 2. The SMILES string of the molecule is O=C(NC1CC2CCC(C1)N2Cc1ccc2c(c1)OCO2)c1cccc(Cl)c1. The van der Waals surface area contributed by atoms with Crippen molar-refractivity contribution in [3.63, 3.8) is 0 Å². The summed E-state index contributed by atoms with van der Waals surface area (Å²) in [5.74, 6) is 1.64. The summed E-state index contributed by atoms with van der Waals surface area (Å²) in [5.41, 5.74) is 1.88. The van der Waals surface area contributed by atoms with Crippen LogP contribution in [0.4, 0.5) is 0 Å². The molecule has 1 amide bonds. The van der Waals surface area contributed by atoms with Gasteiger partial charge in [0.1, 0.15) is 0 Å². The third-order valence-corrected chi connectivity index (χ3v) is 6.34. The Kier molecular flexibility index (Phi) is 4.65. The second kappa shape index (κ2) is 7.30. The zero-order valence-electron chi connectivity index (χ0n) is 15.6. The molecule has 2 bridgehead atoms. The van der Waals surface area contributed by atoms with Crippen molar-refractivity contribution < 1.29 is 14.3 Å². The van der Waals surface area contributed by atoms with Crippen LogP contribution in [0.1, 0.15) is 41.6 Å². The van der Waals surface area contributed by atoms with Gasteiger partial charge in [0.15, 0.2) is 11.5 Å². The van der Waals surface area contributed by atoms with Crippen molar-refractivity contribution in [3.05, 3.63) is 58.6 Å². The minimum absolute atomic E-state index is 0.0314. The number of carbonyl (C=O) groups excluding carboxylic acids is 1. The molecule has 0 radical (unpaired) electrons. The average Bonchev–Trinajstić information content (AvgIpc) is 3.23. The number of ether oxygens (including phenoxy) is 2. The lowest BCUT2D eigenvalue weighted by molar-refractivity contribution is 0.0827. The lowest BCUT2D eigenvalue weighted by atomic mass is 9.96. The molecule has 5 nitrogen and oxygen atoms in total. The molecular formula is C22H23ClN2O3. The van der Waals surface area contributed by atoms with Gasteiger partial charge < -0.3 is 14.8 Å². The highest BCUT2D eigenvalue weighted by Crippen LogP contribution is 2.38. The molecule has 3 aliphatic rings. The van der Waals surface area contributed by atoms with E-state index in [-0.39, 0.29) is 11.9 Å². The lowest BCUT2D eigenvalue weighted by Gasteiger charge is -2.39. The van der Waals surface area contributed by atoms with E-state index < -0.39 is 0 Å². The van der Waals surface area contributed by atoms with Gasteiger partial charge in [0.2, 0.25) is 6.79 Å². The highest BCUT2D eigenvalue weighted by Gasteiger charge is 2.41. The third-order valence-electron chi connectivity index (χ3n) is 6.11. The number of nitrogens with zero attached hydrogens (tertiary/aromatic N) is 1. The zero-order chi connectivity index (χ0) is 19.1. The first-order chi connectivity index (χ1) is 13.7. The molecule has 2 saturated heterocycles. The van der Waals surface area contributed by atoms with E-state index in [1.165, 1.54) is 18.4 Å². The van der Waals surface area contributed by atoms with E-state index in [9.17, 15) is 4.79 Å². The predicted molar refractivity (Wildman–Crippen MR) is 107 cm³/mol. The second-order valence-corrected chi connectivity index (χ2v) is 8.33. The van der Waals surface area contributed by atoms with E-state index in [2.05, 4.69) is 22.3 Å². The summed E-state index contributed by atoms with van der Waals surface area (Å²) >= 11 is 6.02. The van der Waals surface area contributed by atoms with Crippen molar-refractivity contribution in [1.82, 2.24) is 10.2 Å². The van der Waals surface area contributed by atoms with E-state index in [0.29, 0.717) is 29.5 Å². The summed E-state index contributed by atoms with van der Waals surface area (Å²) in [4.78, 5) is 15.2. The Morgan fingerprint density at radius 2 is 1.86 bits per heavy atom. The minimum atomic E-state index is -0.0314. The van der Waals surface area contributed by atoms with Crippen LogP contribution in [0.25, 0.3) is 0 Å². The van der Waals surface area contributed by atoms with Crippen molar-refractivity contribution in [2.75, 3.05) is 6.79 Å². The first kappa shape index (κ1) is 17.8. The largest absolute Gasteiger partial charge is 0.454 e. The van der Waals surface area contributed by atoms with Gasteiger partial charge in [-0.1, -0.05) is 23.7 Å². The number of rotatable bonds is 4. The zero-order valence-corrected chi connectivity index (χ0v) is 16.3. The van der Waals surface area contributed by atoms with Crippen LogP contribution < -0.4 is 14.8 Å². The lowest BCUT2D eigenvalue weighted by Crippen LogP contribution is -2.49. The first-order valence-corrected chi connectivity index (χ1v) is 10.2. The number of carbonyl (C=O) groups is 1. The molecule has 2 atom stereocenters. The molecule has 2 aromatic rings. The molecule has 146 valence electrons. The van der Waals surface area contributed by atoms with E-state index in [4.69, 9.17) is 21.1 Å². The molecule has 0 aromatic heterocycles. The number of hydrogen-bond donors (Lipinski definition) is 1. The van der Waals surface area contributed by atoms with E-state index in [1.807, 2.05) is 18.2 Å². The highest BCUT2D eigenvalue weighted by molar-refractivity contribution is 6.30. The Balaban J connectivity index is 1.23. The van der Waals surface area contributed by atoms with Crippen LogP contribution >= 0.6 is 11.6 Å². The molecule has 2 fully saturated rings. The van der Waals surface area contributed by atoms with Gasteiger partial charge in [0, 0.05) is 35.3 Å². The molecule has 3 aliphatic heterocycles. The second-order valence-electron chi connectivity index (χ2n) is 7.90. The van der Waals surface area contributed by atoms with Crippen molar-refractivity contribution >= 4 is 17.5 Å². The van der Waals surface area contributed by atoms with Crippen LogP contribution in [-0.4, -0.2) is 35.7 Å². The number of fused-ring (bicyclic) bond motifs is 3. The maximum Gasteiger partial charge on any atom is 0.251 e. The monoisotopic (exact) mass is 398 g/mol. The molecule has 2 unspecified atom stereocenters. The summed E-state index contributed by atoms with van der Waals surface area (Å²) in [6, 6.07) is 14.6. The summed E-state index contributed by atoms with van der Waals surface area (Å²) in [6.07, 6.45) is 4.37. The van der Waals surface area contributed by atoms with Crippen LogP contribution in [0.3, 0.4) is 0 Å². The third kappa shape index (κ3) is 3.45. The van der Waals surface area contributed by atoms with Crippen LogP contribution in [0.2, 0.25) is 5.02 Å². The van der Waals surface area contributed by atoms with Crippen molar-refractivity contribution in [2.24, 2.45) is 0 Å². The van der Waals surface area contributed by atoms with Crippen molar-refractivity contribution in [1.29, 1.82) is 0 Å². The fraction of sp³-hybridized carbons (Fsp3) is 0.409. The molecule has 2 aromatic carbocycles. The highest BCUT2D eigenvalue weighted by atomic mass is 35.5. The molecule has 0 saturated carbocycles. The van der Waals surface area contributed by atoms with Crippen LogP contribution in [0.15, 0.2) is 42.5 Å². The quantitative estimate of drug-likeness (QED) is 0.845. The van der Waals surface area contributed by atoms with Gasteiger partial charge in [-0.15, -0.1) is 0 Å². The number of amides is 1. The number of hydrogen-bond acceptors (Lipinski definition) is 4. The van der Waals surface area contributed by atoms with Crippen molar-refractivity contribution in [3.8, 4) is 11.5 Å².